The Kier molecular flexibility index (Phi) is 10.9. The zero-order valence-corrected chi connectivity index (χ0v) is 19.9. The van der Waals surface area contributed by atoms with Gasteiger partial charge < -0.3 is 34.7 Å². The van der Waals surface area contributed by atoms with Gasteiger partial charge in [0.1, 0.15) is 0 Å². The number of aliphatic carboxylic acids is 2. The molecule has 1 aromatic rings. The van der Waals surface area contributed by atoms with E-state index in [1.54, 1.807) is 0 Å². The first kappa shape index (κ1) is 27.7. The van der Waals surface area contributed by atoms with Crippen molar-refractivity contribution >= 4 is 17.8 Å². The molecule has 192 valence electrons. The SMILES string of the molecule is CN(C)Cc1cc(C(=O)N(C2CCCCC2)C2CCCCC2)no1.O=C(O)[C@H](O)[C@@H](O)C(=O)O. The lowest BCUT2D eigenvalue weighted by atomic mass is 9.88. The molecule has 4 N–H and O–H groups in total. The minimum Gasteiger partial charge on any atom is -0.479 e. The van der Waals surface area contributed by atoms with Gasteiger partial charge in [-0.25, -0.2) is 9.59 Å². The lowest BCUT2D eigenvalue weighted by Gasteiger charge is -2.41. The van der Waals surface area contributed by atoms with Gasteiger partial charge in [0.05, 0.1) is 6.54 Å². The number of amides is 1. The van der Waals surface area contributed by atoms with Crippen LogP contribution in [0, 0.1) is 0 Å². The molecular weight excluding hydrogens is 446 g/mol. The van der Waals surface area contributed by atoms with Gasteiger partial charge in [-0.1, -0.05) is 43.7 Å². The highest BCUT2D eigenvalue weighted by Gasteiger charge is 2.34. The zero-order chi connectivity index (χ0) is 25.3. The number of carbonyl (C=O) groups is 3. The third-order valence-electron chi connectivity index (χ3n) is 6.23. The molecule has 34 heavy (non-hydrogen) atoms. The van der Waals surface area contributed by atoms with Crippen molar-refractivity contribution in [2.45, 2.75) is 95.0 Å². The van der Waals surface area contributed by atoms with Crippen molar-refractivity contribution in [1.82, 2.24) is 15.0 Å². The van der Waals surface area contributed by atoms with Crippen LogP contribution >= 0.6 is 0 Å². The number of carboxylic acids is 2. The normalized spacial score (nSPS) is 19.1. The third kappa shape index (κ3) is 8.07. The highest BCUT2D eigenvalue weighted by atomic mass is 16.5. The van der Waals surface area contributed by atoms with Gasteiger partial charge in [0.2, 0.25) is 0 Å². The molecule has 2 saturated carbocycles. The van der Waals surface area contributed by atoms with Crippen LogP contribution in [-0.4, -0.2) is 91.6 Å². The summed E-state index contributed by atoms with van der Waals surface area (Å²) in [7, 11) is 3.97. The molecule has 2 atom stereocenters. The van der Waals surface area contributed by atoms with E-state index in [4.69, 9.17) is 24.9 Å². The van der Waals surface area contributed by atoms with Crippen LogP contribution in [0.5, 0.6) is 0 Å². The summed E-state index contributed by atoms with van der Waals surface area (Å²) in [6, 6.07) is 2.62. The van der Waals surface area contributed by atoms with Gasteiger partial charge in [0.25, 0.3) is 5.91 Å². The fourth-order valence-electron chi connectivity index (χ4n) is 4.55. The van der Waals surface area contributed by atoms with Crippen LogP contribution in [0.2, 0.25) is 0 Å². The summed E-state index contributed by atoms with van der Waals surface area (Å²) in [5.41, 5.74) is 0.489. The maximum atomic E-state index is 13.2. The molecule has 2 fully saturated rings. The molecule has 0 aromatic carbocycles. The van der Waals surface area contributed by atoms with Gasteiger partial charge in [-0.2, -0.15) is 0 Å². The number of aliphatic hydroxyl groups is 2. The maximum absolute atomic E-state index is 13.2. The van der Waals surface area contributed by atoms with E-state index >= 15 is 0 Å². The van der Waals surface area contributed by atoms with E-state index in [2.05, 4.69) is 10.1 Å². The number of aromatic nitrogens is 1. The molecule has 2 aliphatic rings. The topological polar surface area (TPSA) is 165 Å². The molecule has 0 saturated heterocycles. The van der Waals surface area contributed by atoms with Gasteiger partial charge in [0.15, 0.2) is 23.7 Å². The summed E-state index contributed by atoms with van der Waals surface area (Å²) in [5, 5.41) is 36.6. The molecule has 0 spiro atoms. The van der Waals surface area contributed by atoms with Gasteiger partial charge in [-0.15, -0.1) is 0 Å². The second-order valence-corrected chi connectivity index (χ2v) is 9.28. The molecule has 0 bridgehead atoms. The zero-order valence-electron chi connectivity index (χ0n) is 19.9. The van der Waals surface area contributed by atoms with Crippen LogP contribution in [0.25, 0.3) is 0 Å². The Bertz CT molecular complexity index is 764. The first-order chi connectivity index (χ1) is 16.1. The molecule has 0 unspecified atom stereocenters. The number of rotatable bonds is 8. The number of nitrogens with zero attached hydrogens (tertiary/aromatic N) is 3. The molecular formula is C23H37N3O8. The average molecular weight is 484 g/mol. The fourth-order valence-corrected chi connectivity index (χ4v) is 4.55. The predicted molar refractivity (Wildman–Crippen MR) is 121 cm³/mol. The minimum absolute atomic E-state index is 0.0857. The van der Waals surface area contributed by atoms with Crippen LogP contribution < -0.4 is 0 Å². The third-order valence-corrected chi connectivity index (χ3v) is 6.23. The van der Waals surface area contributed by atoms with E-state index in [1.807, 2.05) is 25.1 Å². The van der Waals surface area contributed by atoms with E-state index in [-0.39, 0.29) is 5.91 Å². The van der Waals surface area contributed by atoms with Crippen molar-refractivity contribution in [3.8, 4) is 0 Å². The van der Waals surface area contributed by atoms with E-state index in [1.165, 1.54) is 38.5 Å². The van der Waals surface area contributed by atoms with Crippen molar-refractivity contribution in [2.75, 3.05) is 14.1 Å². The lowest BCUT2D eigenvalue weighted by Crippen LogP contribution is -2.48. The fraction of sp³-hybridized carbons (Fsp3) is 0.739. The molecule has 0 radical (unpaired) electrons. The molecule has 11 nitrogen and oxygen atoms in total. The van der Waals surface area contributed by atoms with Crippen molar-refractivity contribution in [1.29, 1.82) is 0 Å². The monoisotopic (exact) mass is 483 g/mol. The van der Waals surface area contributed by atoms with Crippen LogP contribution in [0.1, 0.15) is 80.5 Å². The average Bonchev–Trinajstić information content (AvgIpc) is 3.27. The highest BCUT2D eigenvalue weighted by molar-refractivity contribution is 5.92. The largest absolute Gasteiger partial charge is 0.479 e. The Balaban J connectivity index is 0.000000347. The summed E-state index contributed by atoms with van der Waals surface area (Å²) < 4.78 is 5.38. The van der Waals surface area contributed by atoms with E-state index in [9.17, 15) is 14.4 Å². The van der Waals surface area contributed by atoms with Gasteiger partial charge in [0, 0.05) is 18.2 Å². The Morgan fingerprint density at radius 2 is 1.35 bits per heavy atom. The lowest BCUT2D eigenvalue weighted by molar-refractivity contribution is -0.165. The molecule has 1 heterocycles. The first-order valence-corrected chi connectivity index (χ1v) is 11.9. The van der Waals surface area contributed by atoms with E-state index < -0.39 is 24.1 Å². The molecule has 1 aromatic heterocycles. The number of aliphatic hydroxyl groups excluding tert-OH is 2. The summed E-state index contributed by atoms with van der Waals surface area (Å²) in [5.74, 6) is -2.69. The maximum Gasteiger partial charge on any atom is 0.335 e. The molecule has 11 heteroatoms. The smallest absolute Gasteiger partial charge is 0.335 e. The number of hydrogen-bond donors (Lipinski definition) is 4. The number of carboxylic acid groups (broad SMARTS) is 2. The standard InChI is InChI=1S/C19H31N3O2.C4H6O6/c1-21(2)14-17-13-18(20-24-17)19(23)22(15-9-5-3-6-10-15)16-11-7-4-8-12-16;5-1(3(7)8)2(6)4(9)10/h13,15-16H,3-12,14H2,1-2H3;1-2,5-6H,(H,7,8)(H,9,10)/t;1-,2-/m.1/s1. The summed E-state index contributed by atoms with van der Waals surface area (Å²) in [6.45, 7) is 0.674. The molecule has 0 aliphatic heterocycles. The van der Waals surface area contributed by atoms with Gasteiger partial charge >= 0.3 is 11.9 Å². The summed E-state index contributed by atoms with van der Waals surface area (Å²) >= 11 is 0. The molecule has 1 amide bonds. The van der Waals surface area contributed by atoms with Crippen molar-refractivity contribution in [3.05, 3.63) is 17.5 Å². The van der Waals surface area contributed by atoms with Crippen LogP contribution in [-0.2, 0) is 16.1 Å². The summed E-state index contributed by atoms with van der Waals surface area (Å²) in [4.78, 5) is 37.0. The highest BCUT2D eigenvalue weighted by Crippen LogP contribution is 2.31. The number of hydrogen-bond acceptors (Lipinski definition) is 8. The Hall–Kier alpha value is -2.50. The Morgan fingerprint density at radius 3 is 1.74 bits per heavy atom. The molecule has 3 rings (SSSR count). The Morgan fingerprint density at radius 1 is 0.912 bits per heavy atom. The van der Waals surface area contributed by atoms with Crippen molar-refractivity contribution in [3.63, 3.8) is 0 Å². The van der Waals surface area contributed by atoms with Gasteiger partial charge in [-0.3, -0.25) is 4.79 Å². The Labute approximate surface area is 199 Å². The second kappa shape index (κ2) is 13.4. The van der Waals surface area contributed by atoms with Crippen LogP contribution in [0.4, 0.5) is 0 Å². The predicted octanol–water partition coefficient (Wildman–Crippen LogP) is 1.72. The molecule has 2 aliphatic carbocycles. The second-order valence-electron chi connectivity index (χ2n) is 9.28. The minimum atomic E-state index is -2.27. The van der Waals surface area contributed by atoms with Crippen molar-refractivity contribution < 1.29 is 39.3 Å². The van der Waals surface area contributed by atoms with Gasteiger partial charge in [-0.05, 0) is 39.8 Å². The van der Waals surface area contributed by atoms with Crippen LogP contribution in [0.3, 0.4) is 0 Å². The van der Waals surface area contributed by atoms with Crippen LogP contribution in [0.15, 0.2) is 10.6 Å². The number of carbonyl (C=O) groups excluding carboxylic acids is 1. The van der Waals surface area contributed by atoms with Crippen molar-refractivity contribution in [2.24, 2.45) is 0 Å². The van der Waals surface area contributed by atoms with E-state index in [0.29, 0.717) is 24.3 Å². The first-order valence-electron chi connectivity index (χ1n) is 11.9. The quantitative estimate of drug-likeness (QED) is 0.428. The summed E-state index contributed by atoms with van der Waals surface area (Å²) in [6.07, 6.45) is 7.62. The van der Waals surface area contributed by atoms with E-state index in [0.717, 1.165) is 31.4 Å².